The van der Waals surface area contributed by atoms with Crippen LogP contribution in [-0.2, 0) is 11.3 Å². The molecule has 3 N–H and O–H groups in total. The molecular formula is C13H21N3O3. The Hall–Kier alpha value is -1.37. The number of nitrogens with two attached hydrogens (primary N) is 1. The Morgan fingerprint density at radius 2 is 2.42 bits per heavy atom. The highest BCUT2D eigenvalue weighted by Crippen LogP contribution is 2.08. The van der Waals surface area contributed by atoms with Gasteiger partial charge in [-0.25, -0.2) is 0 Å². The third-order valence-corrected chi connectivity index (χ3v) is 3.25. The molecule has 0 radical (unpaired) electrons. The molecule has 6 heteroatoms. The van der Waals surface area contributed by atoms with Crippen molar-refractivity contribution in [2.24, 2.45) is 5.73 Å². The molecule has 1 aliphatic heterocycles. The Balaban J connectivity index is 1.79. The van der Waals surface area contributed by atoms with Crippen molar-refractivity contribution >= 4 is 5.91 Å². The van der Waals surface area contributed by atoms with E-state index in [2.05, 4.69) is 17.1 Å². The van der Waals surface area contributed by atoms with Gasteiger partial charge in [0.25, 0.3) is 5.91 Å². The third-order valence-electron chi connectivity index (χ3n) is 3.25. The van der Waals surface area contributed by atoms with E-state index in [4.69, 9.17) is 14.9 Å². The number of morpholine rings is 1. The van der Waals surface area contributed by atoms with Crippen molar-refractivity contribution in [2.45, 2.75) is 19.6 Å². The molecular weight excluding hydrogens is 246 g/mol. The van der Waals surface area contributed by atoms with Gasteiger partial charge in [0.15, 0.2) is 5.76 Å². The molecule has 1 saturated heterocycles. The van der Waals surface area contributed by atoms with Gasteiger partial charge in [0.05, 0.1) is 19.3 Å². The molecule has 1 aromatic rings. The number of hydrogen-bond acceptors (Lipinski definition) is 5. The Morgan fingerprint density at radius 3 is 3.11 bits per heavy atom. The second kappa shape index (κ2) is 6.70. The highest BCUT2D eigenvalue weighted by atomic mass is 16.5. The quantitative estimate of drug-likeness (QED) is 0.796. The minimum Gasteiger partial charge on any atom is -0.455 e. The van der Waals surface area contributed by atoms with Crippen molar-refractivity contribution in [2.75, 3.05) is 32.8 Å². The second-order valence-electron chi connectivity index (χ2n) is 4.57. The van der Waals surface area contributed by atoms with E-state index < -0.39 is 0 Å². The van der Waals surface area contributed by atoms with E-state index in [9.17, 15) is 4.79 Å². The number of rotatable bonds is 5. The first-order chi connectivity index (χ1) is 9.22. The lowest BCUT2D eigenvalue weighted by atomic mass is 10.2. The standard InChI is InChI=1S/C13H21N3O3/c1-2-16-5-6-18-11(9-16)8-15-13(17)12-4-3-10(7-14)19-12/h3-4,11H,2,5-9,14H2,1H3,(H,15,17). The van der Waals surface area contributed by atoms with Crippen molar-refractivity contribution in [3.05, 3.63) is 23.7 Å². The fraction of sp³-hybridized carbons (Fsp3) is 0.615. The first-order valence-electron chi connectivity index (χ1n) is 6.64. The fourth-order valence-corrected chi connectivity index (χ4v) is 2.09. The van der Waals surface area contributed by atoms with E-state index in [1.165, 1.54) is 0 Å². The van der Waals surface area contributed by atoms with Gasteiger partial charge in [-0.2, -0.15) is 0 Å². The number of furan rings is 1. The molecule has 1 aromatic heterocycles. The van der Waals surface area contributed by atoms with Crippen LogP contribution >= 0.6 is 0 Å². The molecule has 1 atom stereocenters. The van der Waals surface area contributed by atoms with Crippen LogP contribution in [0, 0.1) is 0 Å². The molecule has 0 spiro atoms. The summed E-state index contributed by atoms with van der Waals surface area (Å²) in [5, 5.41) is 2.83. The van der Waals surface area contributed by atoms with E-state index in [1.54, 1.807) is 12.1 Å². The number of carbonyl (C=O) groups excluding carboxylic acids is 1. The van der Waals surface area contributed by atoms with Crippen LogP contribution in [-0.4, -0.2) is 49.7 Å². The zero-order valence-corrected chi connectivity index (χ0v) is 11.2. The highest BCUT2D eigenvalue weighted by Gasteiger charge is 2.20. The average molecular weight is 267 g/mol. The summed E-state index contributed by atoms with van der Waals surface area (Å²) in [6, 6.07) is 3.35. The van der Waals surface area contributed by atoms with E-state index in [0.29, 0.717) is 31.2 Å². The lowest BCUT2D eigenvalue weighted by Gasteiger charge is -2.32. The normalized spacial score (nSPS) is 20.4. The lowest BCUT2D eigenvalue weighted by molar-refractivity contribution is -0.0246. The van der Waals surface area contributed by atoms with Crippen LogP contribution in [0.3, 0.4) is 0 Å². The number of carbonyl (C=O) groups is 1. The fourth-order valence-electron chi connectivity index (χ4n) is 2.09. The number of nitrogens with one attached hydrogen (secondary N) is 1. The van der Waals surface area contributed by atoms with Crippen molar-refractivity contribution in [3.63, 3.8) is 0 Å². The largest absolute Gasteiger partial charge is 0.455 e. The van der Waals surface area contributed by atoms with Gasteiger partial charge in [0.1, 0.15) is 5.76 Å². The summed E-state index contributed by atoms with van der Waals surface area (Å²) in [4.78, 5) is 14.2. The van der Waals surface area contributed by atoms with Gasteiger partial charge in [-0.3, -0.25) is 9.69 Å². The smallest absolute Gasteiger partial charge is 0.287 e. The summed E-state index contributed by atoms with van der Waals surface area (Å²) in [5.74, 6) is 0.678. The molecule has 1 unspecified atom stereocenters. The summed E-state index contributed by atoms with van der Waals surface area (Å²) >= 11 is 0. The zero-order chi connectivity index (χ0) is 13.7. The number of ether oxygens (including phenoxy) is 1. The third kappa shape index (κ3) is 3.79. The van der Waals surface area contributed by atoms with Crippen molar-refractivity contribution in [1.82, 2.24) is 10.2 Å². The average Bonchev–Trinajstić information content (AvgIpc) is 2.94. The van der Waals surface area contributed by atoms with Crippen molar-refractivity contribution < 1.29 is 13.9 Å². The van der Waals surface area contributed by atoms with Gasteiger partial charge in [-0.15, -0.1) is 0 Å². The summed E-state index contributed by atoms with van der Waals surface area (Å²) in [5.41, 5.74) is 5.43. The van der Waals surface area contributed by atoms with Gasteiger partial charge in [0.2, 0.25) is 0 Å². The Kier molecular flexibility index (Phi) is 4.95. The SMILES string of the molecule is CCN1CCOC(CNC(=O)c2ccc(CN)o2)C1. The van der Waals surface area contributed by atoms with E-state index in [0.717, 1.165) is 19.6 Å². The van der Waals surface area contributed by atoms with Crippen LogP contribution in [0.5, 0.6) is 0 Å². The maximum Gasteiger partial charge on any atom is 0.287 e. The predicted octanol–water partition coefficient (Wildman–Crippen LogP) is 0.189. The van der Waals surface area contributed by atoms with Crippen molar-refractivity contribution in [3.8, 4) is 0 Å². The maximum atomic E-state index is 11.9. The zero-order valence-electron chi connectivity index (χ0n) is 11.2. The molecule has 1 amide bonds. The number of nitrogens with zero attached hydrogens (tertiary/aromatic N) is 1. The Labute approximate surface area is 112 Å². The summed E-state index contributed by atoms with van der Waals surface area (Å²) < 4.78 is 10.9. The molecule has 0 aromatic carbocycles. The summed E-state index contributed by atoms with van der Waals surface area (Å²) in [6.45, 7) is 6.44. The van der Waals surface area contributed by atoms with E-state index in [1.807, 2.05) is 0 Å². The predicted molar refractivity (Wildman–Crippen MR) is 70.8 cm³/mol. The lowest BCUT2D eigenvalue weighted by Crippen LogP contribution is -2.47. The van der Waals surface area contributed by atoms with Crippen LogP contribution in [0.2, 0.25) is 0 Å². The molecule has 6 nitrogen and oxygen atoms in total. The molecule has 1 fully saturated rings. The summed E-state index contributed by atoms with van der Waals surface area (Å²) in [6.07, 6.45) is 0.0431. The number of hydrogen-bond donors (Lipinski definition) is 2. The van der Waals surface area contributed by atoms with Crippen LogP contribution in [0.4, 0.5) is 0 Å². The van der Waals surface area contributed by atoms with Gasteiger partial charge in [-0.1, -0.05) is 6.92 Å². The van der Waals surface area contributed by atoms with Crippen LogP contribution in [0.1, 0.15) is 23.2 Å². The van der Waals surface area contributed by atoms with E-state index in [-0.39, 0.29) is 12.0 Å². The van der Waals surface area contributed by atoms with Crippen LogP contribution in [0.15, 0.2) is 16.5 Å². The maximum absolute atomic E-state index is 11.9. The van der Waals surface area contributed by atoms with Gasteiger partial charge in [-0.05, 0) is 18.7 Å². The van der Waals surface area contributed by atoms with Crippen LogP contribution in [0.25, 0.3) is 0 Å². The number of amides is 1. The van der Waals surface area contributed by atoms with E-state index >= 15 is 0 Å². The summed E-state index contributed by atoms with van der Waals surface area (Å²) in [7, 11) is 0. The van der Waals surface area contributed by atoms with Gasteiger partial charge in [0, 0.05) is 19.6 Å². The second-order valence-corrected chi connectivity index (χ2v) is 4.57. The molecule has 106 valence electrons. The minimum atomic E-state index is -0.225. The molecule has 0 aliphatic carbocycles. The van der Waals surface area contributed by atoms with Crippen LogP contribution < -0.4 is 11.1 Å². The van der Waals surface area contributed by atoms with Gasteiger partial charge < -0.3 is 20.2 Å². The monoisotopic (exact) mass is 267 g/mol. The number of likely N-dealkylation sites (N-methyl/N-ethyl adjacent to an activating group) is 1. The molecule has 19 heavy (non-hydrogen) atoms. The molecule has 2 rings (SSSR count). The molecule has 0 saturated carbocycles. The molecule has 1 aliphatic rings. The first-order valence-corrected chi connectivity index (χ1v) is 6.64. The molecule has 0 bridgehead atoms. The highest BCUT2D eigenvalue weighted by molar-refractivity contribution is 5.91. The Bertz CT molecular complexity index is 419. The molecule has 2 heterocycles. The van der Waals surface area contributed by atoms with Gasteiger partial charge >= 0.3 is 0 Å². The topological polar surface area (TPSA) is 80.7 Å². The van der Waals surface area contributed by atoms with Crippen molar-refractivity contribution in [1.29, 1.82) is 0 Å². The Morgan fingerprint density at radius 1 is 1.58 bits per heavy atom. The first kappa shape index (κ1) is 14.0. The minimum absolute atomic E-state index is 0.0431.